The maximum atomic E-state index is 5.93. The van der Waals surface area contributed by atoms with Crippen molar-refractivity contribution in [2.75, 3.05) is 27.3 Å². The van der Waals surface area contributed by atoms with Gasteiger partial charge in [0.1, 0.15) is 0 Å². The summed E-state index contributed by atoms with van der Waals surface area (Å²) in [6.07, 6.45) is 4.35. The third-order valence-corrected chi connectivity index (χ3v) is 6.63. The Morgan fingerprint density at radius 3 is 2.52 bits per heavy atom. The van der Waals surface area contributed by atoms with Crippen LogP contribution in [0.2, 0.25) is 0 Å². The highest BCUT2D eigenvalue weighted by Crippen LogP contribution is 2.38. The lowest BCUT2D eigenvalue weighted by Crippen LogP contribution is -2.58. The van der Waals surface area contributed by atoms with Crippen LogP contribution in [0.15, 0.2) is 42.5 Å². The molecule has 4 rings (SSSR count). The van der Waals surface area contributed by atoms with Crippen molar-refractivity contribution in [3.05, 3.63) is 59.3 Å². The molecule has 0 radical (unpaired) electrons. The van der Waals surface area contributed by atoms with E-state index in [9.17, 15) is 0 Å². The Kier molecular flexibility index (Phi) is 6.18. The van der Waals surface area contributed by atoms with Crippen LogP contribution in [0.1, 0.15) is 43.0 Å². The normalized spacial score (nSPS) is 25.6. The summed E-state index contributed by atoms with van der Waals surface area (Å²) in [6.45, 7) is 5.56. The van der Waals surface area contributed by atoms with E-state index < -0.39 is 0 Å². The average Bonchev–Trinajstić information content (AvgIpc) is 2.76. The van der Waals surface area contributed by atoms with Crippen molar-refractivity contribution < 1.29 is 9.47 Å². The van der Waals surface area contributed by atoms with Crippen LogP contribution in [0.5, 0.6) is 5.88 Å². The molecule has 156 valence electrons. The molecule has 2 atom stereocenters. The van der Waals surface area contributed by atoms with Gasteiger partial charge in [-0.3, -0.25) is 4.90 Å². The fourth-order valence-corrected chi connectivity index (χ4v) is 5.01. The number of nitrogens with zero attached hydrogens (tertiary/aromatic N) is 2. The third-order valence-electron chi connectivity index (χ3n) is 6.63. The SMILES string of the molecule is COc1ccc2c(n1)CCC(OC)C2(C)NC1CCN(Cc2ccccc2)CC1. The first-order valence-electron chi connectivity index (χ1n) is 10.7. The van der Waals surface area contributed by atoms with Crippen LogP contribution < -0.4 is 10.1 Å². The minimum absolute atomic E-state index is 0.146. The number of aromatic nitrogens is 1. The summed E-state index contributed by atoms with van der Waals surface area (Å²) in [5.74, 6) is 0.691. The minimum Gasteiger partial charge on any atom is -0.481 e. The maximum Gasteiger partial charge on any atom is 0.213 e. The van der Waals surface area contributed by atoms with Crippen molar-refractivity contribution in [3.8, 4) is 5.88 Å². The van der Waals surface area contributed by atoms with Gasteiger partial charge in [0.2, 0.25) is 5.88 Å². The Morgan fingerprint density at radius 1 is 1.07 bits per heavy atom. The summed E-state index contributed by atoms with van der Waals surface area (Å²) in [5.41, 5.74) is 3.55. The highest BCUT2D eigenvalue weighted by Gasteiger charge is 2.43. The van der Waals surface area contributed by atoms with Gasteiger partial charge in [-0.05, 0) is 62.9 Å². The Balaban J connectivity index is 1.44. The van der Waals surface area contributed by atoms with Crippen LogP contribution in [-0.2, 0) is 23.2 Å². The predicted molar refractivity (Wildman–Crippen MR) is 115 cm³/mol. The van der Waals surface area contributed by atoms with Gasteiger partial charge >= 0.3 is 0 Å². The number of benzene rings is 1. The summed E-state index contributed by atoms with van der Waals surface area (Å²) < 4.78 is 11.3. The fraction of sp³-hybridized carbons (Fsp3) is 0.542. The monoisotopic (exact) mass is 395 g/mol. The van der Waals surface area contributed by atoms with Gasteiger partial charge in [0.25, 0.3) is 0 Å². The summed E-state index contributed by atoms with van der Waals surface area (Å²) in [4.78, 5) is 7.28. The minimum atomic E-state index is -0.228. The summed E-state index contributed by atoms with van der Waals surface area (Å²) in [5, 5.41) is 3.98. The first-order valence-corrected chi connectivity index (χ1v) is 10.7. The number of hydrogen-bond donors (Lipinski definition) is 1. The van der Waals surface area contributed by atoms with Gasteiger partial charge in [-0.1, -0.05) is 30.3 Å². The molecular weight excluding hydrogens is 362 g/mol. The topological polar surface area (TPSA) is 46.6 Å². The van der Waals surface area contributed by atoms with Gasteiger partial charge < -0.3 is 14.8 Å². The molecule has 2 aliphatic rings. The van der Waals surface area contributed by atoms with Crippen molar-refractivity contribution in [2.24, 2.45) is 0 Å². The van der Waals surface area contributed by atoms with E-state index in [1.54, 1.807) is 7.11 Å². The van der Waals surface area contributed by atoms with Gasteiger partial charge in [-0.15, -0.1) is 0 Å². The Morgan fingerprint density at radius 2 is 1.83 bits per heavy atom. The highest BCUT2D eigenvalue weighted by molar-refractivity contribution is 5.36. The van der Waals surface area contributed by atoms with Crippen LogP contribution >= 0.6 is 0 Å². The predicted octanol–water partition coefficient (Wildman–Crippen LogP) is 3.52. The van der Waals surface area contributed by atoms with E-state index >= 15 is 0 Å². The van der Waals surface area contributed by atoms with E-state index in [0.717, 1.165) is 51.0 Å². The molecule has 1 aromatic carbocycles. The van der Waals surface area contributed by atoms with Gasteiger partial charge in [-0.25, -0.2) is 4.98 Å². The number of hydrogen-bond acceptors (Lipinski definition) is 5. The molecule has 0 amide bonds. The van der Waals surface area contributed by atoms with E-state index in [4.69, 9.17) is 14.5 Å². The van der Waals surface area contributed by atoms with Crippen molar-refractivity contribution in [2.45, 2.75) is 56.8 Å². The Labute approximate surface area is 174 Å². The number of fused-ring (bicyclic) bond motifs is 1. The molecule has 1 aliphatic carbocycles. The molecule has 0 spiro atoms. The Hall–Kier alpha value is -1.95. The zero-order valence-electron chi connectivity index (χ0n) is 17.9. The number of nitrogens with one attached hydrogen (secondary N) is 1. The molecule has 0 saturated carbocycles. The number of likely N-dealkylation sites (tertiary alicyclic amines) is 1. The van der Waals surface area contributed by atoms with Crippen molar-refractivity contribution in [3.63, 3.8) is 0 Å². The van der Waals surface area contributed by atoms with Gasteiger partial charge in [0, 0.05) is 31.5 Å². The number of ether oxygens (including phenoxy) is 2. The smallest absolute Gasteiger partial charge is 0.213 e. The van der Waals surface area contributed by atoms with E-state index in [1.807, 2.05) is 13.2 Å². The first-order chi connectivity index (χ1) is 14.1. The van der Waals surface area contributed by atoms with Crippen LogP contribution in [0.3, 0.4) is 0 Å². The van der Waals surface area contributed by atoms with Gasteiger partial charge in [-0.2, -0.15) is 0 Å². The quantitative estimate of drug-likeness (QED) is 0.811. The molecule has 1 saturated heterocycles. The molecule has 29 heavy (non-hydrogen) atoms. The number of aryl methyl sites for hydroxylation is 1. The standard InChI is InChI=1S/C24H33N3O2/c1-24(20-9-12-23(29-3)25-21(20)10-11-22(24)28-2)26-19-13-15-27(16-14-19)17-18-7-5-4-6-8-18/h4-9,12,19,22,26H,10-11,13-17H2,1-3H3. The molecule has 1 fully saturated rings. The molecule has 1 N–H and O–H groups in total. The van der Waals surface area contributed by atoms with Crippen LogP contribution in [0.4, 0.5) is 0 Å². The number of pyridine rings is 1. The second kappa shape index (κ2) is 8.82. The third kappa shape index (κ3) is 4.32. The molecule has 2 heterocycles. The van der Waals surface area contributed by atoms with E-state index in [1.165, 1.54) is 11.1 Å². The number of methoxy groups -OCH3 is 2. The molecular formula is C24H33N3O2. The zero-order valence-corrected chi connectivity index (χ0v) is 17.9. The largest absolute Gasteiger partial charge is 0.481 e. The molecule has 2 unspecified atom stereocenters. The van der Waals surface area contributed by atoms with Gasteiger partial charge in [0.05, 0.1) is 18.8 Å². The van der Waals surface area contributed by atoms with Crippen LogP contribution in [-0.4, -0.2) is 49.3 Å². The average molecular weight is 396 g/mol. The van der Waals surface area contributed by atoms with Crippen LogP contribution in [0, 0.1) is 0 Å². The summed E-state index contributed by atoms with van der Waals surface area (Å²) >= 11 is 0. The lowest BCUT2D eigenvalue weighted by molar-refractivity contribution is -0.00138. The maximum absolute atomic E-state index is 5.93. The second-order valence-electron chi connectivity index (χ2n) is 8.49. The number of rotatable bonds is 6. The second-order valence-corrected chi connectivity index (χ2v) is 8.49. The summed E-state index contributed by atoms with van der Waals surface area (Å²) in [7, 11) is 3.51. The van der Waals surface area contributed by atoms with Crippen molar-refractivity contribution in [1.82, 2.24) is 15.2 Å². The van der Waals surface area contributed by atoms with E-state index in [0.29, 0.717) is 11.9 Å². The molecule has 5 nitrogen and oxygen atoms in total. The molecule has 1 aromatic heterocycles. The molecule has 5 heteroatoms. The molecule has 1 aliphatic heterocycles. The van der Waals surface area contributed by atoms with Crippen molar-refractivity contribution >= 4 is 0 Å². The fourth-order valence-electron chi connectivity index (χ4n) is 5.01. The van der Waals surface area contributed by atoms with Gasteiger partial charge in [0.15, 0.2) is 0 Å². The lowest BCUT2D eigenvalue weighted by atomic mass is 9.76. The van der Waals surface area contributed by atoms with Crippen molar-refractivity contribution in [1.29, 1.82) is 0 Å². The summed E-state index contributed by atoms with van der Waals surface area (Å²) in [6, 6.07) is 15.4. The first kappa shape index (κ1) is 20.3. The zero-order chi connectivity index (χ0) is 20.3. The van der Waals surface area contributed by atoms with Crippen LogP contribution in [0.25, 0.3) is 0 Å². The molecule has 0 bridgehead atoms. The van der Waals surface area contributed by atoms with E-state index in [-0.39, 0.29) is 11.6 Å². The Bertz CT molecular complexity index is 805. The molecule has 2 aromatic rings. The van der Waals surface area contributed by atoms with E-state index in [2.05, 4.69) is 53.5 Å². The highest BCUT2D eigenvalue weighted by atomic mass is 16.5. The number of piperidine rings is 1. The lowest BCUT2D eigenvalue weighted by Gasteiger charge is -2.46.